The van der Waals surface area contributed by atoms with Gasteiger partial charge in [0.25, 0.3) is 0 Å². The number of carbonyl (C=O) groups excluding carboxylic acids is 1. The summed E-state index contributed by atoms with van der Waals surface area (Å²) in [7, 11) is 1.70. The minimum absolute atomic E-state index is 0.000146. The molecule has 1 N–H and O–H groups in total. The molecule has 0 saturated carbocycles. The molecule has 1 amide bonds. The highest BCUT2D eigenvalue weighted by Crippen LogP contribution is 2.33. The summed E-state index contributed by atoms with van der Waals surface area (Å²) in [6.07, 6.45) is 8.03. The molecule has 0 aromatic carbocycles. The highest BCUT2D eigenvalue weighted by atomic mass is 35.5. The molecule has 2 aromatic rings. The lowest BCUT2D eigenvalue weighted by molar-refractivity contribution is 0.0500. The third-order valence-electron chi connectivity index (χ3n) is 5.01. The fourth-order valence-corrected chi connectivity index (χ4v) is 3.84. The molecule has 2 aromatic heterocycles. The van der Waals surface area contributed by atoms with E-state index in [-0.39, 0.29) is 12.1 Å². The highest BCUT2D eigenvalue weighted by Gasteiger charge is 2.26. The standard InChI is InChI=1S/C22H32ClN5O3/c1-22(2,3)31-21(29)26-17-7-5-8-27(15-17)19-11-20(23)24-13-18(19)16-12-25-28(14-16)9-6-10-30-4/h11-14,17H,5-10,15H2,1-4H3,(H,26,29)/t17-/m0/s1. The molecule has 9 heteroatoms. The van der Waals surface area contributed by atoms with Crippen LogP contribution in [0, 0.1) is 0 Å². The van der Waals surface area contributed by atoms with Crippen LogP contribution >= 0.6 is 11.6 Å². The van der Waals surface area contributed by atoms with Gasteiger partial charge in [-0.25, -0.2) is 9.78 Å². The molecule has 170 valence electrons. The van der Waals surface area contributed by atoms with Gasteiger partial charge in [-0.3, -0.25) is 4.68 Å². The predicted molar refractivity (Wildman–Crippen MR) is 122 cm³/mol. The monoisotopic (exact) mass is 449 g/mol. The average Bonchev–Trinajstić information content (AvgIpc) is 3.15. The lowest BCUT2D eigenvalue weighted by atomic mass is 10.0. The van der Waals surface area contributed by atoms with Gasteiger partial charge in [0.2, 0.25) is 0 Å². The molecule has 31 heavy (non-hydrogen) atoms. The quantitative estimate of drug-likeness (QED) is 0.505. The van der Waals surface area contributed by atoms with E-state index in [1.807, 2.05) is 43.9 Å². The maximum Gasteiger partial charge on any atom is 0.407 e. The molecule has 1 aliphatic heterocycles. The molecule has 3 rings (SSSR count). The van der Waals surface area contributed by atoms with E-state index >= 15 is 0 Å². The van der Waals surface area contributed by atoms with Gasteiger partial charge in [-0.15, -0.1) is 0 Å². The summed E-state index contributed by atoms with van der Waals surface area (Å²) in [4.78, 5) is 18.8. The summed E-state index contributed by atoms with van der Waals surface area (Å²) in [6.45, 7) is 8.62. The smallest absolute Gasteiger partial charge is 0.407 e. The Morgan fingerprint density at radius 3 is 2.90 bits per heavy atom. The lowest BCUT2D eigenvalue weighted by Gasteiger charge is -2.36. The first kappa shape index (κ1) is 23.3. The van der Waals surface area contributed by atoms with Gasteiger partial charge < -0.3 is 19.7 Å². The van der Waals surface area contributed by atoms with E-state index in [1.54, 1.807) is 13.3 Å². The zero-order valence-electron chi connectivity index (χ0n) is 18.7. The Labute approximate surface area is 188 Å². The Bertz CT molecular complexity index is 880. The van der Waals surface area contributed by atoms with Crippen LogP contribution in [0.25, 0.3) is 11.1 Å². The van der Waals surface area contributed by atoms with Gasteiger partial charge in [0, 0.05) is 68.6 Å². The zero-order chi connectivity index (χ0) is 22.4. The number of nitrogens with zero attached hydrogens (tertiary/aromatic N) is 4. The average molecular weight is 450 g/mol. The summed E-state index contributed by atoms with van der Waals surface area (Å²) in [5.41, 5.74) is 2.43. The second kappa shape index (κ2) is 10.3. The lowest BCUT2D eigenvalue weighted by Crippen LogP contribution is -2.49. The van der Waals surface area contributed by atoms with Gasteiger partial charge in [0.05, 0.1) is 6.20 Å². The van der Waals surface area contributed by atoms with Gasteiger partial charge in [-0.1, -0.05) is 11.6 Å². The molecule has 1 fully saturated rings. The summed E-state index contributed by atoms with van der Waals surface area (Å²) in [5.74, 6) is 0. The number of pyridine rings is 1. The Morgan fingerprint density at radius 1 is 1.35 bits per heavy atom. The van der Waals surface area contributed by atoms with Gasteiger partial charge in [0.15, 0.2) is 0 Å². The fraction of sp³-hybridized carbons (Fsp3) is 0.591. The predicted octanol–water partition coefficient (Wildman–Crippen LogP) is 4.13. The topological polar surface area (TPSA) is 81.5 Å². The third kappa shape index (κ3) is 6.83. The van der Waals surface area contributed by atoms with Gasteiger partial charge in [0.1, 0.15) is 10.8 Å². The van der Waals surface area contributed by atoms with Crippen LogP contribution in [0.4, 0.5) is 10.5 Å². The van der Waals surface area contributed by atoms with Gasteiger partial charge in [-0.05, 0) is 46.1 Å². The Hall–Kier alpha value is -2.32. The van der Waals surface area contributed by atoms with E-state index < -0.39 is 5.60 Å². The molecular weight excluding hydrogens is 418 g/mol. The van der Waals surface area contributed by atoms with E-state index in [1.165, 1.54) is 0 Å². The van der Waals surface area contributed by atoms with Crippen LogP contribution in [-0.2, 0) is 16.0 Å². The van der Waals surface area contributed by atoms with Crippen LogP contribution in [0.15, 0.2) is 24.7 Å². The highest BCUT2D eigenvalue weighted by molar-refractivity contribution is 6.29. The number of hydrogen-bond acceptors (Lipinski definition) is 6. The SMILES string of the molecule is COCCCn1cc(-c2cnc(Cl)cc2N2CCC[C@H](NC(=O)OC(C)(C)C)C2)cn1. The number of anilines is 1. The molecule has 0 spiro atoms. The summed E-state index contributed by atoms with van der Waals surface area (Å²) >= 11 is 6.24. The number of carbonyl (C=O) groups is 1. The number of methoxy groups -OCH3 is 1. The van der Waals surface area contributed by atoms with Crippen molar-refractivity contribution >= 4 is 23.4 Å². The second-order valence-electron chi connectivity index (χ2n) is 8.79. The maximum absolute atomic E-state index is 12.2. The molecule has 3 heterocycles. The Balaban J connectivity index is 1.75. The first-order chi connectivity index (χ1) is 14.7. The van der Waals surface area contributed by atoms with Crippen molar-refractivity contribution in [3.63, 3.8) is 0 Å². The van der Waals surface area contributed by atoms with Crippen molar-refractivity contribution < 1.29 is 14.3 Å². The van der Waals surface area contributed by atoms with Crippen LogP contribution in [0.2, 0.25) is 5.15 Å². The molecule has 0 bridgehead atoms. The van der Waals surface area contributed by atoms with Crippen molar-refractivity contribution in [3.05, 3.63) is 29.8 Å². The van der Waals surface area contributed by atoms with Crippen LogP contribution in [0.3, 0.4) is 0 Å². The molecule has 0 aliphatic carbocycles. The fourth-order valence-electron chi connectivity index (χ4n) is 3.69. The molecule has 1 saturated heterocycles. The maximum atomic E-state index is 12.2. The van der Waals surface area contributed by atoms with Crippen LogP contribution < -0.4 is 10.2 Å². The van der Waals surface area contributed by atoms with Crippen LogP contribution in [0.5, 0.6) is 0 Å². The van der Waals surface area contributed by atoms with E-state index in [4.69, 9.17) is 21.1 Å². The second-order valence-corrected chi connectivity index (χ2v) is 9.18. The number of rotatable bonds is 7. The summed E-state index contributed by atoms with van der Waals surface area (Å²) in [6, 6.07) is 1.88. The van der Waals surface area contributed by atoms with E-state index in [0.717, 1.165) is 49.2 Å². The first-order valence-electron chi connectivity index (χ1n) is 10.7. The number of ether oxygens (including phenoxy) is 2. The molecule has 1 atom stereocenters. The van der Waals surface area contributed by atoms with Crippen molar-refractivity contribution in [2.45, 2.75) is 58.2 Å². The number of hydrogen-bond donors (Lipinski definition) is 1. The minimum atomic E-state index is -0.520. The zero-order valence-corrected chi connectivity index (χ0v) is 19.5. The van der Waals surface area contributed by atoms with Crippen LogP contribution in [0.1, 0.15) is 40.0 Å². The van der Waals surface area contributed by atoms with E-state index in [9.17, 15) is 4.79 Å². The molecule has 0 unspecified atom stereocenters. The largest absolute Gasteiger partial charge is 0.444 e. The number of aryl methyl sites for hydroxylation is 1. The number of halogens is 1. The van der Waals surface area contributed by atoms with Crippen LogP contribution in [-0.4, -0.2) is 59.3 Å². The summed E-state index contributed by atoms with van der Waals surface area (Å²) in [5, 5.41) is 7.91. The normalized spacial score (nSPS) is 16.9. The van der Waals surface area contributed by atoms with Crippen molar-refractivity contribution in [1.29, 1.82) is 0 Å². The van der Waals surface area contributed by atoms with E-state index in [0.29, 0.717) is 18.3 Å². The van der Waals surface area contributed by atoms with E-state index in [2.05, 4.69) is 20.3 Å². The third-order valence-corrected chi connectivity index (χ3v) is 5.22. The molecular formula is C22H32ClN5O3. The number of aromatic nitrogens is 3. The van der Waals surface area contributed by atoms with Crippen molar-refractivity contribution in [2.24, 2.45) is 0 Å². The molecule has 0 radical (unpaired) electrons. The first-order valence-corrected chi connectivity index (χ1v) is 11.0. The molecule has 1 aliphatic rings. The minimum Gasteiger partial charge on any atom is -0.444 e. The number of amides is 1. The van der Waals surface area contributed by atoms with Crippen molar-refractivity contribution in [3.8, 4) is 11.1 Å². The Morgan fingerprint density at radius 2 is 2.16 bits per heavy atom. The Kier molecular flexibility index (Phi) is 7.78. The summed E-state index contributed by atoms with van der Waals surface area (Å²) < 4.78 is 12.4. The van der Waals surface area contributed by atoms with Gasteiger partial charge in [-0.2, -0.15) is 5.10 Å². The van der Waals surface area contributed by atoms with Crippen molar-refractivity contribution in [2.75, 3.05) is 31.7 Å². The number of piperidine rings is 1. The molecule has 8 nitrogen and oxygen atoms in total. The number of alkyl carbamates (subject to hydrolysis) is 1. The van der Waals surface area contributed by atoms with Crippen molar-refractivity contribution in [1.82, 2.24) is 20.1 Å². The number of nitrogens with one attached hydrogen (secondary N) is 1. The van der Waals surface area contributed by atoms with Gasteiger partial charge >= 0.3 is 6.09 Å².